The molecule has 1 fully saturated rings. The monoisotopic (exact) mass is 357 g/mol. The Bertz CT molecular complexity index is 749. The van der Waals surface area contributed by atoms with E-state index in [1.54, 1.807) is 24.3 Å². The van der Waals surface area contributed by atoms with Crippen LogP contribution in [0, 0.1) is 6.92 Å². The summed E-state index contributed by atoms with van der Waals surface area (Å²) in [6.07, 6.45) is 3.90. The van der Waals surface area contributed by atoms with Crippen molar-refractivity contribution < 1.29 is 4.79 Å². The van der Waals surface area contributed by atoms with Crippen molar-refractivity contribution >= 4 is 17.5 Å². The number of aryl methyl sites for hydroxylation is 1. The second-order valence-corrected chi connectivity index (χ2v) is 7.15. The second kappa shape index (κ2) is 7.98. The van der Waals surface area contributed by atoms with Gasteiger partial charge in [0, 0.05) is 35.4 Å². The van der Waals surface area contributed by atoms with Gasteiger partial charge in [-0.15, -0.1) is 0 Å². The first-order valence-electron chi connectivity index (χ1n) is 8.75. The van der Waals surface area contributed by atoms with Crippen molar-refractivity contribution in [2.75, 3.05) is 6.54 Å². The summed E-state index contributed by atoms with van der Waals surface area (Å²) in [5.41, 5.74) is 2.92. The predicted octanol–water partition coefficient (Wildman–Crippen LogP) is 3.83. The van der Waals surface area contributed by atoms with Crippen molar-refractivity contribution in [3.05, 3.63) is 64.4 Å². The molecular formula is C20H24ClN3O. The molecule has 0 saturated carbocycles. The number of carbonyl (C=O) groups is 1. The minimum absolute atomic E-state index is 0.0600. The molecule has 1 aliphatic heterocycles. The maximum atomic E-state index is 12.5. The van der Waals surface area contributed by atoms with Gasteiger partial charge in [0.1, 0.15) is 0 Å². The van der Waals surface area contributed by atoms with Crippen LogP contribution in [-0.4, -0.2) is 34.4 Å². The van der Waals surface area contributed by atoms with Crippen LogP contribution in [0.1, 0.15) is 41.4 Å². The van der Waals surface area contributed by atoms with Crippen LogP contribution in [0.3, 0.4) is 0 Å². The maximum Gasteiger partial charge on any atom is 0.251 e. The van der Waals surface area contributed by atoms with Crippen LogP contribution >= 0.6 is 11.6 Å². The molecule has 5 heteroatoms. The van der Waals surface area contributed by atoms with Gasteiger partial charge >= 0.3 is 0 Å². The third-order valence-electron chi connectivity index (χ3n) is 4.99. The fraction of sp³-hybridized carbons (Fsp3) is 0.400. The molecule has 132 valence electrons. The Morgan fingerprint density at radius 2 is 2.20 bits per heavy atom. The summed E-state index contributed by atoms with van der Waals surface area (Å²) in [4.78, 5) is 19.4. The molecule has 1 aromatic carbocycles. The quantitative estimate of drug-likeness (QED) is 0.904. The molecule has 0 bridgehead atoms. The molecular weight excluding hydrogens is 334 g/mol. The zero-order valence-corrected chi connectivity index (χ0v) is 15.5. The minimum atomic E-state index is -0.0600. The number of nitrogens with one attached hydrogen (secondary N) is 1. The topological polar surface area (TPSA) is 45.2 Å². The minimum Gasteiger partial charge on any atom is -0.348 e. The lowest BCUT2D eigenvalue weighted by Gasteiger charge is -2.39. The first-order valence-corrected chi connectivity index (χ1v) is 9.13. The average Bonchev–Trinajstić information content (AvgIpc) is 2.60. The highest BCUT2D eigenvalue weighted by Crippen LogP contribution is 2.21. The van der Waals surface area contributed by atoms with E-state index >= 15 is 0 Å². The summed E-state index contributed by atoms with van der Waals surface area (Å²) in [6, 6.07) is 11.5. The van der Waals surface area contributed by atoms with E-state index in [2.05, 4.69) is 35.1 Å². The van der Waals surface area contributed by atoms with Crippen molar-refractivity contribution in [1.29, 1.82) is 0 Å². The first kappa shape index (κ1) is 17.9. The lowest BCUT2D eigenvalue weighted by atomic mass is 9.96. The van der Waals surface area contributed by atoms with Crippen LogP contribution in [0.15, 0.2) is 42.6 Å². The number of carbonyl (C=O) groups excluding carboxylic acids is 1. The molecule has 0 spiro atoms. The van der Waals surface area contributed by atoms with Crippen LogP contribution in [0.5, 0.6) is 0 Å². The van der Waals surface area contributed by atoms with Crippen molar-refractivity contribution in [2.24, 2.45) is 0 Å². The molecule has 1 saturated heterocycles. The number of nitrogens with zero attached hydrogens (tertiary/aromatic N) is 2. The smallest absolute Gasteiger partial charge is 0.251 e. The van der Waals surface area contributed by atoms with E-state index in [1.165, 1.54) is 5.56 Å². The van der Waals surface area contributed by atoms with E-state index in [0.717, 1.165) is 31.6 Å². The molecule has 3 rings (SSSR count). The highest BCUT2D eigenvalue weighted by atomic mass is 35.5. The van der Waals surface area contributed by atoms with Gasteiger partial charge in [-0.25, -0.2) is 0 Å². The van der Waals surface area contributed by atoms with Crippen LogP contribution in [0.25, 0.3) is 0 Å². The number of pyridine rings is 1. The molecule has 1 aromatic heterocycles. The van der Waals surface area contributed by atoms with Gasteiger partial charge in [-0.2, -0.15) is 0 Å². The molecule has 1 amide bonds. The van der Waals surface area contributed by atoms with Gasteiger partial charge in [0.05, 0.1) is 5.69 Å². The van der Waals surface area contributed by atoms with Crippen molar-refractivity contribution in [2.45, 2.75) is 45.3 Å². The zero-order chi connectivity index (χ0) is 17.8. The maximum absolute atomic E-state index is 12.5. The number of likely N-dealkylation sites (tertiary alicyclic amines) is 1. The van der Waals surface area contributed by atoms with Crippen LogP contribution in [0.2, 0.25) is 5.02 Å². The molecule has 2 aromatic rings. The van der Waals surface area contributed by atoms with Gasteiger partial charge in [0.15, 0.2) is 0 Å². The summed E-state index contributed by atoms with van der Waals surface area (Å²) >= 11 is 5.99. The Hall–Kier alpha value is -1.91. The molecule has 2 heterocycles. The average molecular weight is 358 g/mol. The normalized spacial score (nSPS) is 21.1. The van der Waals surface area contributed by atoms with Gasteiger partial charge in [0.2, 0.25) is 0 Å². The summed E-state index contributed by atoms with van der Waals surface area (Å²) in [7, 11) is 0. The number of amides is 1. The van der Waals surface area contributed by atoms with Crippen LogP contribution in [-0.2, 0) is 6.54 Å². The molecule has 0 radical (unpaired) electrons. The highest BCUT2D eigenvalue weighted by Gasteiger charge is 2.29. The Morgan fingerprint density at radius 3 is 2.96 bits per heavy atom. The third-order valence-corrected chi connectivity index (χ3v) is 5.23. The zero-order valence-electron chi connectivity index (χ0n) is 14.7. The highest BCUT2D eigenvalue weighted by molar-refractivity contribution is 6.30. The lowest BCUT2D eigenvalue weighted by molar-refractivity contribution is 0.0812. The van der Waals surface area contributed by atoms with Gasteiger partial charge < -0.3 is 5.32 Å². The van der Waals surface area contributed by atoms with E-state index in [4.69, 9.17) is 11.6 Å². The van der Waals surface area contributed by atoms with Crippen molar-refractivity contribution in [3.8, 4) is 0 Å². The van der Waals surface area contributed by atoms with E-state index in [-0.39, 0.29) is 18.0 Å². The van der Waals surface area contributed by atoms with Crippen molar-refractivity contribution in [1.82, 2.24) is 15.2 Å². The largest absolute Gasteiger partial charge is 0.348 e. The Kier molecular flexibility index (Phi) is 5.71. The summed E-state index contributed by atoms with van der Waals surface area (Å²) in [5, 5.41) is 3.76. The molecule has 2 unspecified atom stereocenters. The fourth-order valence-electron chi connectivity index (χ4n) is 3.39. The van der Waals surface area contributed by atoms with E-state index < -0.39 is 0 Å². The van der Waals surface area contributed by atoms with Gasteiger partial charge in [0.25, 0.3) is 5.91 Å². The Balaban J connectivity index is 1.66. The summed E-state index contributed by atoms with van der Waals surface area (Å²) in [6.45, 7) is 6.12. The molecule has 1 N–H and O–H groups in total. The van der Waals surface area contributed by atoms with Crippen LogP contribution in [0.4, 0.5) is 0 Å². The molecule has 4 nitrogen and oxygen atoms in total. The number of halogens is 1. The number of piperidine rings is 1. The number of aromatic nitrogens is 1. The molecule has 25 heavy (non-hydrogen) atoms. The number of hydrogen-bond acceptors (Lipinski definition) is 3. The molecule has 0 aliphatic carbocycles. The second-order valence-electron chi connectivity index (χ2n) is 6.71. The van der Waals surface area contributed by atoms with E-state index in [1.807, 2.05) is 12.3 Å². The standard InChI is InChI=1S/C20H24ClN3O/c1-14-6-4-10-22-19(14)13-24-11-5-9-18(15(24)2)23-20(25)16-7-3-8-17(21)12-16/h3-4,6-8,10,12,15,18H,5,9,11,13H2,1-2H3,(H,23,25). The van der Waals surface area contributed by atoms with Gasteiger partial charge in [-0.1, -0.05) is 23.7 Å². The third kappa shape index (κ3) is 4.39. The summed E-state index contributed by atoms with van der Waals surface area (Å²) < 4.78 is 0. The summed E-state index contributed by atoms with van der Waals surface area (Å²) in [5.74, 6) is -0.0600. The van der Waals surface area contributed by atoms with E-state index in [0.29, 0.717) is 10.6 Å². The Morgan fingerprint density at radius 1 is 1.36 bits per heavy atom. The SMILES string of the molecule is Cc1cccnc1CN1CCCC(NC(=O)c2cccc(Cl)c2)C1C. The van der Waals surface area contributed by atoms with Crippen LogP contribution < -0.4 is 5.32 Å². The van der Waals surface area contributed by atoms with Gasteiger partial charge in [-0.3, -0.25) is 14.7 Å². The molecule has 1 aliphatic rings. The van der Waals surface area contributed by atoms with E-state index in [9.17, 15) is 4.79 Å². The number of benzene rings is 1. The number of rotatable bonds is 4. The fourth-order valence-corrected chi connectivity index (χ4v) is 3.58. The van der Waals surface area contributed by atoms with Gasteiger partial charge in [-0.05, 0) is 63.1 Å². The number of hydrogen-bond donors (Lipinski definition) is 1. The predicted molar refractivity (Wildman–Crippen MR) is 101 cm³/mol. The lowest BCUT2D eigenvalue weighted by Crippen LogP contribution is -2.53. The Labute approximate surface area is 154 Å². The first-order chi connectivity index (χ1) is 12.0. The van der Waals surface area contributed by atoms with Crippen molar-refractivity contribution in [3.63, 3.8) is 0 Å². The molecule has 2 atom stereocenters.